The molecule has 1 unspecified atom stereocenters. The number of fused-ring (bicyclic) bond motifs is 2. The van der Waals surface area contributed by atoms with Gasteiger partial charge in [-0.15, -0.1) is 0 Å². The van der Waals surface area contributed by atoms with Crippen LogP contribution in [0.15, 0.2) is 30.3 Å². The van der Waals surface area contributed by atoms with Gasteiger partial charge in [0.2, 0.25) is 0 Å². The van der Waals surface area contributed by atoms with E-state index in [4.69, 9.17) is 14.2 Å². The molecular weight excluding hydrogens is 267 g/mol. The van der Waals surface area contributed by atoms with Gasteiger partial charge in [0, 0.05) is 18.9 Å². The van der Waals surface area contributed by atoms with E-state index in [-0.39, 0.29) is 24.0 Å². The summed E-state index contributed by atoms with van der Waals surface area (Å²) in [6.45, 7) is 3.09. The van der Waals surface area contributed by atoms with Crippen molar-refractivity contribution in [2.75, 3.05) is 6.61 Å². The minimum absolute atomic E-state index is 0.0458. The highest BCUT2D eigenvalue weighted by Gasteiger charge is 2.55. The third-order valence-electron chi connectivity index (χ3n) is 4.73. The van der Waals surface area contributed by atoms with Gasteiger partial charge in [-0.3, -0.25) is 4.79 Å². The molecule has 0 aliphatic carbocycles. The lowest BCUT2D eigenvalue weighted by Gasteiger charge is -2.36. The number of esters is 1. The summed E-state index contributed by atoms with van der Waals surface area (Å²) in [5.74, 6) is 0.0333. The number of hydrogen-bond acceptors (Lipinski definition) is 4. The Morgan fingerprint density at radius 3 is 2.95 bits per heavy atom. The lowest BCUT2D eigenvalue weighted by molar-refractivity contribution is -0.155. The van der Waals surface area contributed by atoms with Gasteiger partial charge in [0.1, 0.15) is 14.5 Å². The van der Waals surface area contributed by atoms with E-state index in [9.17, 15) is 4.79 Å². The van der Waals surface area contributed by atoms with Gasteiger partial charge in [0.05, 0.1) is 24.1 Å². The quantitative estimate of drug-likeness (QED) is 0.618. The molecule has 112 valence electrons. The van der Waals surface area contributed by atoms with E-state index in [0.717, 1.165) is 12.0 Å². The van der Waals surface area contributed by atoms with Crippen LogP contribution in [-0.2, 0) is 25.6 Å². The molecule has 0 spiro atoms. The van der Waals surface area contributed by atoms with E-state index in [0.29, 0.717) is 19.6 Å². The lowest BCUT2D eigenvalue weighted by Crippen LogP contribution is -2.44. The van der Waals surface area contributed by atoms with Crippen LogP contribution in [-0.4, -0.2) is 38.1 Å². The lowest BCUT2D eigenvalue weighted by atomic mass is 9.77. The largest absolute Gasteiger partial charge is 0.461 e. The van der Waals surface area contributed by atoms with E-state index >= 15 is 0 Å². The van der Waals surface area contributed by atoms with Gasteiger partial charge in [-0.2, -0.15) is 0 Å². The zero-order valence-electron chi connectivity index (χ0n) is 12.6. The minimum Gasteiger partial charge on any atom is -0.461 e. The summed E-state index contributed by atoms with van der Waals surface area (Å²) in [4.78, 5) is 12.2. The molecule has 21 heavy (non-hydrogen) atoms. The molecule has 4 atom stereocenters. The standard InChI is InChI=1S/C16H21BO4/c1-11-14-15(17)21-16(11,7-8-19-14)9-13(18)20-10-12-5-3-2-4-6-12/h2-6,11,14-15H,7-10,17H2,1H3/t11-,14?,15-,16-/m1/s1. The summed E-state index contributed by atoms with van der Waals surface area (Å²) in [5.41, 5.74) is 0.595. The fourth-order valence-electron chi connectivity index (χ4n) is 3.51. The summed E-state index contributed by atoms with van der Waals surface area (Å²) in [6.07, 6.45) is 1.17. The third-order valence-corrected chi connectivity index (χ3v) is 4.73. The van der Waals surface area contributed by atoms with E-state index in [1.165, 1.54) is 0 Å². The SMILES string of the molecule is B[C@@H]1O[C@@]2(CC(=O)OCc3ccccc3)CCOC1[C@H]2C. The molecule has 0 radical (unpaired) electrons. The number of hydrogen-bond donors (Lipinski definition) is 0. The zero-order valence-corrected chi connectivity index (χ0v) is 12.6. The highest BCUT2D eigenvalue weighted by Crippen LogP contribution is 2.45. The summed E-state index contributed by atoms with van der Waals surface area (Å²) in [7, 11) is 2.02. The number of rotatable bonds is 4. The average Bonchev–Trinajstić information content (AvgIpc) is 2.62. The van der Waals surface area contributed by atoms with Crippen molar-refractivity contribution in [3.8, 4) is 0 Å². The van der Waals surface area contributed by atoms with Crippen molar-refractivity contribution in [1.82, 2.24) is 0 Å². The highest BCUT2D eigenvalue weighted by atomic mass is 16.6. The Hall–Kier alpha value is -1.33. The predicted octanol–water partition coefficient (Wildman–Crippen LogP) is 1.27. The molecule has 0 amide bonds. The third kappa shape index (κ3) is 2.85. The number of carbonyl (C=O) groups excluding carboxylic acids is 1. The Labute approximate surface area is 126 Å². The smallest absolute Gasteiger partial charge is 0.309 e. The van der Waals surface area contributed by atoms with Crippen molar-refractivity contribution in [1.29, 1.82) is 0 Å². The van der Waals surface area contributed by atoms with Crippen molar-refractivity contribution < 1.29 is 19.0 Å². The van der Waals surface area contributed by atoms with Crippen LogP contribution in [0.4, 0.5) is 0 Å². The van der Waals surface area contributed by atoms with Crippen LogP contribution in [0.5, 0.6) is 0 Å². The minimum atomic E-state index is -0.407. The molecule has 5 heteroatoms. The molecule has 2 aliphatic rings. The molecular formula is C16H21BO4. The molecule has 2 heterocycles. The summed E-state index contributed by atoms with van der Waals surface area (Å²) in [6, 6.07) is 9.77. The van der Waals surface area contributed by atoms with Crippen molar-refractivity contribution >= 4 is 13.8 Å². The summed E-state index contributed by atoms with van der Waals surface area (Å²) >= 11 is 0. The van der Waals surface area contributed by atoms with Gasteiger partial charge in [-0.1, -0.05) is 37.3 Å². The zero-order chi connectivity index (χ0) is 14.9. The van der Waals surface area contributed by atoms with Crippen molar-refractivity contribution in [2.24, 2.45) is 5.92 Å². The van der Waals surface area contributed by atoms with Crippen molar-refractivity contribution in [3.05, 3.63) is 35.9 Å². The first-order valence-electron chi connectivity index (χ1n) is 7.60. The first kappa shape index (κ1) is 14.6. The van der Waals surface area contributed by atoms with Gasteiger partial charge < -0.3 is 14.2 Å². The van der Waals surface area contributed by atoms with E-state index in [1.54, 1.807) is 0 Å². The van der Waals surface area contributed by atoms with Crippen LogP contribution < -0.4 is 0 Å². The Balaban J connectivity index is 1.59. The van der Waals surface area contributed by atoms with Gasteiger partial charge in [0.15, 0.2) is 0 Å². The molecule has 0 aromatic heterocycles. The Morgan fingerprint density at radius 2 is 2.19 bits per heavy atom. The molecule has 1 aromatic rings. The molecule has 0 saturated carbocycles. The van der Waals surface area contributed by atoms with Crippen LogP contribution >= 0.6 is 0 Å². The van der Waals surface area contributed by atoms with Gasteiger partial charge >= 0.3 is 5.97 Å². The Bertz CT molecular complexity index is 506. The molecule has 4 nitrogen and oxygen atoms in total. The van der Waals surface area contributed by atoms with E-state index in [1.807, 2.05) is 38.2 Å². The van der Waals surface area contributed by atoms with Crippen LogP contribution in [0.1, 0.15) is 25.3 Å². The predicted molar refractivity (Wildman–Crippen MR) is 80.5 cm³/mol. The van der Waals surface area contributed by atoms with E-state index in [2.05, 4.69) is 6.92 Å². The molecule has 2 aliphatic heterocycles. The second-order valence-electron chi connectivity index (χ2n) is 6.08. The topological polar surface area (TPSA) is 44.8 Å². The molecule has 1 aromatic carbocycles. The second kappa shape index (κ2) is 5.81. The molecule has 2 saturated heterocycles. The number of ether oxygens (including phenoxy) is 3. The Kier molecular flexibility index (Phi) is 4.04. The second-order valence-corrected chi connectivity index (χ2v) is 6.08. The normalized spacial score (nSPS) is 34.6. The first-order valence-corrected chi connectivity index (χ1v) is 7.60. The van der Waals surface area contributed by atoms with Crippen LogP contribution in [0.2, 0.25) is 0 Å². The van der Waals surface area contributed by atoms with Crippen molar-refractivity contribution in [2.45, 2.75) is 44.1 Å². The average molecular weight is 288 g/mol. The monoisotopic (exact) mass is 288 g/mol. The fraction of sp³-hybridized carbons (Fsp3) is 0.562. The summed E-state index contributed by atoms with van der Waals surface area (Å²) in [5, 5.41) is 0. The van der Waals surface area contributed by atoms with Gasteiger partial charge in [0.25, 0.3) is 0 Å². The van der Waals surface area contributed by atoms with Gasteiger partial charge in [-0.25, -0.2) is 0 Å². The maximum Gasteiger partial charge on any atom is 0.309 e. The van der Waals surface area contributed by atoms with Crippen molar-refractivity contribution in [3.63, 3.8) is 0 Å². The van der Waals surface area contributed by atoms with E-state index < -0.39 is 5.60 Å². The molecule has 2 fully saturated rings. The first-order chi connectivity index (χ1) is 10.1. The maximum absolute atomic E-state index is 12.2. The van der Waals surface area contributed by atoms with Crippen LogP contribution in [0, 0.1) is 5.92 Å². The fourth-order valence-corrected chi connectivity index (χ4v) is 3.51. The molecule has 2 bridgehead atoms. The number of carbonyl (C=O) groups is 1. The maximum atomic E-state index is 12.2. The summed E-state index contributed by atoms with van der Waals surface area (Å²) < 4.78 is 17.2. The number of benzene rings is 1. The highest BCUT2D eigenvalue weighted by molar-refractivity contribution is 6.11. The van der Waals surface area contributed by atoms with Crippen LogP contribution in [0.25, 0.3) is 0 Å². The molecule has 3 rings (SSSR count). The van der Waals surface area contributed by atoms with Crippen LogP contribution in [0.3, 0.4) is 0 Å². The Morgan fingerprint density at radius 1 is 1.43 bits per heavy atom. The molecule has 0 N–H and O–H groups in total. The van der Waals surface area contributed by atoms with Gasteiger partial charge in [-0.05, 0) is 5.56 Å².